The number of para-hydroxylation sites is 1. The van der Waals surface area contributed by atoms with Gasteiger partial charge in [0.25, 0.3) is 0 Å². The van der Waals surface area contributed by atoms with Crippen molar-refractivity contribution in [2.45, 2.75) is 0 Å². The Balaban J connectivity index is 2.07. The van der Waals surface area contributed by atoms with E-state index in [-0.39, 0.29) is 11.6 Å². The maximum atomic E-state index is 13.0. The van der Waals surface area contributed by atoms with Crippen molar-refractivity contribution in [1.29, 1.82) is 5.26 Å². The summed E-state index contributed by atoms with van der Waals surface area (Å²) in [7, 11) is 0. The van der Waals surface area contributed by atoms with Crippen molar-refractivity contribution in [2.24, 2.45) is 0 Å². The second-order valence-electron chi connectivity index (χ2n) is 4.42. The number of fused-ring (bicyclic) bond motifs is 1. The Labute approximate surface area is 120 Å². The number of hydrogen-bond donors (Lipinski definition) is 1. The van der Waals surface area contributed by atoms with Gasteiger partial charge in [0.15, 0.2) is 5.75 Å². The summed E-state index contributed by atoms with van der Waals surface area (Å²) in [5, 5.41) is 9.96. The lowest BCUT2D eigenvalue weighted by Crippen LogP contribution is -1.95. The normalized spacial score (nSPS) is 10.3. The zero-order valence-electron chi connectivity index (χ0n) is 10.9. The average Bonchev–Trinajstić information content (AvgIpc) is 2.49. The standard InChI is InChI=1S/C16H10FN3O/c17-11-5-6-15(13(19)8-11)21-16-7-10(9-18)12-3-1-2-4-14(12)20-16/h1-8H,19H2. The Hall–Kier alpha value is -3.13. The highest BCUT2D eigenvalue weighted by Crippen LogP contribution is 2.29. The van der Waals surface area contributed by atoms with Gasteiger partial charge in [0.1, 0.15) is 11.9 Å². The largest absolute Gasteiger partial charge is 0.437 e. The van der Waals surface area contributed by atoms with Crippen LogP contribution in [0.1, 0.15) is 5.56 Å². The third-order valence-electron chi connectivity index (χ3n) is 3.00. The molecule has 3 aromatic rings. The van der Waals surface area contributed by atoms with Gasteiger partial charge in [0.2, 0.25) is 5.88 Å². The van der Waals surface area contributed by atoms with Crippen molar-refractivity contribution >= 4 is 16.6 Å². The van der Waals surface area contributed by atoms with Crippen LogP contribution >= 0.6 is 0 Å². The van der Waals surface area contributed by atoms with Crippen molar-refractivity contribution in [1.82, 2.24) is 4.98 Å². The lowest BCUT2D eigenvalue weighted by Gasteiger charge is -2.09. The summed E-state index contributed by atoms with van der Waals surface area (Å²) >= 11 is 0. The Morgan fingerprint density at radius 3 is 2.71 bits per heavy atom. The number of hydrogen-bond acceptors (Lipinski definition) is 4. The molecule has 2 aromatic carbocycles. The summed E-state index contributed by atoms with van der Waals surface area (Å²) in [5.74, 6) is 0.0932. The molecule has 2 N–H and O–H groups in total. The number of nitrogens with two attached hydrogens (primary N) is 1. The summed E-state index contributed by atoms with van der Waals surface area (Å²) in [6.07, 6.45) is 0. The topological polar surface area (TPSA) is 71.9 Å². The second-order valence-corrected chi connectivity index (χ2v) is 4.42. The molecule has 1 heterocycles. The number of ether oxygens (including phenoxy) is 1. The number of aromatic nitrogens is 1. The molecule has 1 aromatic heterocycles. The number of pyridine rings is 1. The highest BCUT2D eigenvalue weighted by molar-refractivity contribution is 5.85. The Morgan fingerprint density at radius 1 is 1.14 bits per heavy atom. The molecule has 102 valence electrons. The molecule has 0 saturated carbocycles. The molecule has 0 aliphatic carbocycles. The van der Waals surface area contributed by atoms with Crippen LogP contribution in [0.15, 0.2) is 48.5 Å². The number of nitrogens with zero attached hydrogens (tertiary/aromatic N) is 2. The molecule has 0 bridgehead atoms. The number of nitriles is 1. The van der Waals surface area contributed by atoms with E-state index in [0.717, 1.165) is 5.39 Å². The van der Waals surface area contributed by atoms with E-state index in [1.807, 2.05) is 18.2 Å². The average molecular weight is 279 g/mol. The molecule has 4 nitrogen and oxygen atoms in total. The van der Waals surface area contributed by atoms with Gasteiger partial charge in [-0.25, -0.2) is 9.37 Å². The molecule has 21 heavy (non-hydrogen) atoms. The maximum Gasteiger partial charge on any atom is 0.221 e. The smallest absolute Gasteiger partial charge is 0.221 e. The van der Waals surface area contributed by atoms with Crippen molar-refractivity contribution in [2.75, 3.05) is 5.73 Å². The van der Waals surface area contributed by atoms with Gasteiger partial charge in [0, 0.05) is 17.5 Å². The van der Waals surface area contributed by atoms with Crippen LogP contribution in [0.3, 0.4) is 0 Å². The predicted molar refractivity (Wildman–Crippen MR) is 77.3 cm³/mol. The number of benzene rings is 2. The van der Waals surface area contributed by atoms with E-state index in [1.165, 1.54) is 24.3 Å². The molecule has 0 saturated heterocycles. The molecule has 0 aliphatic rings. The highest BCUT2D eigenvalue weighted by atomic mass is 19.1. The van der Waals surface area contributed by atoms with Crippen LogP contribution in [-0.4, -0.2) is 4.98 Å². The van der Waals surface area contributed by atoms with Crippen LogP contribution in [0, 0.1) is 17.1 Å². The number of rotatable bonds is 2. The first-order valence-corrected chi connectivity index (χ1v) is 6.20. The second kappa shape index (κ2) is 5.10. The first kappa shape index (κ1) is 12.9. The van der Waals surface area contributed by atoms with Crippen molar-refractivity contribution < 1.29 is 9.13 Å². The van der Waals surface area contributed by atoms with Gasteiger partial charge in [-0.05, 0) is 18.2 Å². The first-order valence-electron chi connectivity index (χ1n) is 6.20. The highest BCUT2D eigenvalue weighted by Gasteiger charge is 2.09. The maximum absolute atomic E-state index is 13.0. The van der Waals surface area contributed by atoms with Gasteiger partial charge < -0.3 is 10.5 Å². The van der Waals surface area contributed by atoms with Crippen molar-refractivity contribution in [3.8, 4) is 17.7 Å². The summed E-state index contributed by atoms with van der Waals surface area (Å²) in [4.78, 5) is 4.32. The number of nitrogen functional groups attached to an aromatic ring is 1. The van der Waals surface area contributed by atoms with E-state index in [2.05, 4.69) is 11.1 Å². The summed E-state index contributed by atoms with van der Waals surface area (Å²) < 4.78 is 18.6. The van der Waals surface area contributed by atoms with E-state index in [9.17, 15) is 9.65 Å². The van der Waals surface area contributed by atoms with Gasteiger partial charge in [-0.3, -0.25) is 0 Å². The Kier molecular flexibility index (Phi) is 3.13. The molecular weight excluding hydrogens is 269 g/mol. The van der Waals surface area contributed by atoms with Crippen LogP contribution < -0.4 is 10.5 Å². The number of halogens is 1. The zero-order chi connectivity index (χ0) is 14.8. The van der Waals surface area contributed by atoms with E-state index in [0.29, 0.717) is 16.8 Å². The lowest BCUT2D eigenvalue weighted by molar-refractivity contribution is 0.465. The van der Waals surface area contributed by atoms with Gasteiger partial charge in [-0.1, -0.05) is 18.2 Å². The minimum atomic E-state index is -0.441. The van der Waals surface area contributed by atoms with Gasteiger partial charge >= 0.3 is 0 Å². The molecule has 0 unspecified atom stereocenters. The van der Waals surface area contributed by atoms with E-state index in [4.69, 9.17) is 10.5 Å². The van der Waals surface area contributed by atoms with Crippen LogP contribution in [0.5, 0.6) is 11.6 Å². The third kappa shape index (κ3) is 2.47. The van der Waals surface area contributed by atoms with Crippen molar-refractivity contribution in [3.63, 3.8) is 0 Å². The molecular formula is C16H10FN3O. The molecule has 0 fully saturated rings. The summed E-state index contributed by atoms with van der Waals surface area (Å²) in [6.45, 7) is 0. The van der Waals surface area contributed by atoms with E-state index < -0.39 is 5.82 Å². The van der Waals surface area contributed by atoms with Gasteiger partial charge in [-0.15, -0.1) is 0 Å². The van der Waals surface area contributed by atoms with Crippen LogP contribution in [0.2, 0.25) is 0 Å². The van der Waals surface area contributed by atoms with Crippen molar-refractivity contribution in [3.05, 3.63) is 59.9 Å². The van der Waals surface area contributed by atoms with E-state index in [1.54, 1.807) is 6.07 Å². The zero-order valence-corrected chi connectivity index (χ0v) is 10.9. The van der Waals surface area contributed by atoms with Gasteiger partial charge in [-0.2, -0.15) is 5.26 Å². The first-order chi connectivity index (χ1) is 10.2. The molecule has 0 aliphatic heterocycles. The number of anilines is 1. The quantitative estimate of drug-likeness (QED) is 0.727. The third-order valence-corrected chi connectivity index (χ3v) is 3.00. The fraction of sp³-hybridized carbons (Fsp3) is 0. The fourth-order valence-corrected chi connectivity index (χ4v) is 2.02. The SMILES string of the molecule is N#Cc1cc(Oc2ccc(F)cc2N)nc2ccccc12. The molecule has 0 radical (unpaired) electrons. The van der Waals surface area contributed by atoms with Crippen LogP contribution in [0.25, 0.3) is 10.9 Å². The summed E-state index contributed by atoms with van der Waals surface area (Å²) in [6, 6.07) is 14.7. The summed E-state index contributed by atoms with van der Waals surface area (Å²) in [5.41, 5.74) is 6.96. The minimum Gasteiger partial charge on any atom is -0.437 e. The molecule has 5 heteroatoms. The minimum absolute atomic E-state index is 0.170. The Morgan fingerprint density at radius 2 is 1.95 bits per heavy atom. The van der Waals surface area contributed by atoms with Crippen LogP contribution in [0.4, 0.5) is 10.1 Å². The van der Waals surface area contributed by atoms with E-state index >= 15 is 0 Å². The lowest BCUT2D eigenvalue weighted by atomic mass is 10.1. The molecule has 0 amide bonds. The fourth-order valence-electron chi connectivity index (χ4n) is 2.02. The van der Waals surface area contributed by atoms with Gasteiger partial charge in [0.05, 0.1) is 16.8 Å². The Bertz CT molecular complexity index is 871. The predicted octanol–water partition coefficient (Wildman–Crippen LogP) is 3.62. The molecule has 0 spiro atoms. The molecule has 3 rings (SSSR count). The molecule has 0 atom stereocenters. The monoisotopic (exact) mass is 279 g/mol. The van der Waals surface area contributed by atoms with Crippen LogP contribution in [-0.2, 0) is 0 Å².